The first kappa shape index (κ1) is 23.4. The van der Waals surface area contributed by atoms with E-state index >= 15 is 0 Å². The minimum Gasteiger partial charge on any atom is -0.493 e. The van der Waals surface area contributed by atoms with E-state index in [0.717, 1.165) is 39.8 Å². The van der Waals surface area contributed by atoms with Crippen molar-refractivity contribution in [3.8, 4) is 11.6 Å². The maximum Gasteiger partial charge on any atom is 0.501 e. The lowest BCUT2D eigenvalue weighted by Gasteiger charge is -2.10. The number of benzene rings is 2. The van der Waals surface area contributed by atoms with E-state index < -0.39 is 31.8 Å². The van der Waals surface area contributed by atoms with E-state index in [4.69, 9.17) is 0 Å². The molecule has 12 heteroatoms. The molecule has 0 saturated heterocycles. The lowest BCUT2D eigenvalue weighted by atomic mass is 10.1. The summed E-state index contributed by atoms with van der Waals surface area (Å²) in [7, 11) is -3.82. The van der Waals surface area contributed by atoms with E-state index in [9.17, 15) is 31.5 Å². The number of anilines is 1. The maximum absolute atomic E-state index is 13.2. The topological polar surface area (TPSA) is 106 Å². The third-order valence-corrected chi connectivity index (χ3v) is 6.96. The Balaban J connectivity index is 1.79. The predicted octanol–water partition coefficient (Wildman–Crippen LogP) is 3.58. The van der Waals surface area contributed by atoms with Crippen molar-refractivity contribution < 1.29 is 26.7 Å². The van der Waals surface area contributed by atoms with Crippen molar-refractivity contribution in [1.29, 1.82) is 0 Å². The number of halogens is 3. The summed E-state index contributed by atoms with van der Waals surface area (Å²) in [5.74, 6) is 0.174. The lowest BCUT2D eigenvalue weighted by Crippen LogP contribution is -2.25. The highest BCUT2D eigenvalue weighted by atomic mass is 32.2. The molecule has 2 aromatic carbocycles. The van der Waals surface area contributed by atoms with Crippen LogP contribution in [-0.4, -0.2) is 40.2 Å². The first-order valence-electron chi connectivity index (χ1n) is 9.95. The van der Waals surface area contributed by atoms with Crippen molar-refractivity contribution in [3.05, 3.63) is 76.3 Å². The van der Waals surface area contributed by atoms with Crippen LogP contribution in [0, 0.1) is 6.92 Å². The molecule has 0 aliphatic heterocycles. The number of alkyl halides is 3. The van der Waals surface area contributed by atoms with Gasteiger partial charge in [0.2, 0.25) is 5.88 Å². The van der Waals surface area contributed by atoms with Crippen LogP contribution in [0.2, 0.25) is 0 Å². The van der Waals surface area contributed by atoms with Crippen LogP contribution in [0.5, 0.6) is 5.88 Å². The Hall–Kier alpha value is -3.80. The standard InChI is InChI=1S/C22H19F3N4O4S/c1-13-20(30)29(15-7-9-16(10-8-15)34(32,33)22(23,24)25)21(31)28(13)12-14-11-19(26-2)27-18-6-4-3-5-17(14)18/h3-11,30H,12H2,1-2H3,(H,26,27). The fourth-order valence-corrected chi connectivity index (χ4v) is 4.40. The highest BCUT2D eigenvalue weighted by molar-refractivity contribution is 7.92. The Morgan fingerprint density at radius 1 is 1.09 bits per heavy atom. The molecule has 0 bridgehead atoms. The highest BCUT2D eigenvalue weighted by Gasteiger charge is 2.46. The summed E-state index contributed by atoms with van der Waals surface area (Å²) in [4.78, 5) is 16.7. The average Bonchev–Trinajstić information content (AvgIpc) is 3.01. The smallest absolute Gasteiger partial charge is 0.493 e. The predicted molar refractivity (Wildman–Crippen MR) is 120 cm³/mol. The van der Waals surface area contributed by atoms with Gasteiger partial charge in [-0.1, -0.05) is 18.2 Å². The minimum atomic E-state index is -5.53. The van der Waals surface area contributed by atoms with E-state index in [2.05, 4.69) is 10.3 Å². The number of hydrogen-bond donors (Lipinski definition) is 2. The Labute approximate surface area is 191 Å². The van der Waals surface area contributed by atoms with E-state index in [0.29, 0.717) is 11.3 Å². The zero-order chi connectivity index (χ0) is 24.8. The molecule has 0 amide bonds. The van der Waals surface area contributed by atoms with Gasteiger partial charge in [0.05, 0.1) is 28.3 Å². The van der Waals surface area contributed by atoms with Crippen LogP contribution in [0.25, 0.3) is 16.6 Å². The SMILES string of the molecule is CNc1cc(Cn2c(C)c(O)n(-c3ccc(S(=O)(=O)C(F)(F)F)cc3)c2=O)c2ccccc2n1. The Kier molecular flexibility index (Phi) is 5.64. The molecule has 2 heterocycles. The molecule has 4 aromatic rings. The molecule has 2 aromatic heterocycles. The van der Waals surface area contributed by atoms with Gasteiger partial charge in [0.15, 0.2) is 0 Å². The van der Waals surface area contributed by atoms with Gasteiger partial charge in [0, 0.05) is 12.4 Å². The number of aromatic hydroxyl groups is 1. The number of sulfone groups is 1. The number of rotatable bonds is 5. The Morgan fingerprint density at radius 3 is 2.35 bits per heavy atom. The molecule has 34 heavy (non-hydrogen) atoms. The number of imidazole rings is 1. The second kappa shape index (κ2) is 8.20. The number of nitrogens with one attached hydrogen (secondary N) is 1. The van der Waals surface area contributed by atoms with Gasteiger partial charge in [-0.2, -0.15) is 13.2 Å². The van der Waals surface area contributed by atoms with Crippen molar-refractivity contribution in [1.82, 2.24) is 14.1 Å². The first-order valence-corrected chi connectivity index (χ1v) is 11.4. The summed E-state index contributed by atoms with van der Waals surface area (Å²) < 4.78 is 63.8. The molecule has 4 rings (SSSR count). The molecule has 0 aliphatic carbocycles. The van der Waals surface area contributed by atoms with Crippen molar-refractivity contribution in [2.24, 2.45) is 0 Å². The van der Waals surface area contributed by atoms with Gasteiger partial charge < -0.3 is 10.4 Å². The van der Waals surface area contributed by atoms with Gasteiger partial charge in [-0.3, -0.25) is 4.57 Å². The van der Waals surface area contributed by atoms with Gasteiger partial charge in [0.1, 0.15) is 5.82 Å². The van der Waals surface area contributed by atoms with Crippen LogP contribution < -0.4 is 11.0 Å². The monoisotopic (exact) mass is 492 g/mol. The van der Waals surface area contributed by atoms with Crippen LogP contribution in [0.3, 0.4) is 0 Å². The molecule has 0 spiro atoms. The Bertz CT molecular complexity index is 1560. The van der Waals surface area contributed by atoms with Gasteiger partial charge in [0.25, 0.3) is 9.84 Å². The van der Waals surface area contributed by atoms with Crippen LogP contribution in [0.1, 0.15) is 11.3 Å². The molecule has 8 nitrogen and oxygen atoms in total. The molecular formula is C22H19F3N4O4S. The number of hydrogen-bond acceptors (Lipinski definition) is 6. The van der Waals surface area contributed by atoms with Crippen LogP contribution in [0.15, 0.2) is 64.3 Å². The first-order chi connectivity index (χ1) is 16.0. The Morgan fingerprint density at radius 2 is 1.74 bits per heavy atom. The largest absolute Gasteiger partial charge is 0.501 e. The van der Waals surface area contributed by atoms with Crippen LogP contribution in [-0.2, 0) is 16.4 Å². The molecule has 178 valence electrons. The van der Waals surface area contributed by atoms with Crippen molar-refractivity contribution in [2.75, 3.05) is 12.4 Å². The number of aromatic nitrogens is 3. The second-order valence-corrected chi connectivity index (χ2v) is 9.43. The third kappa shape index (κ3) is 3.79. The maximum atomic E-state index is 13.2. The van der Waals surface area contributed by atoms with Crippen LogP contribution in [0.4, 0.5) is 19.0 Å². The van der Waals surface area contributed by atoms with E-state index in [1.54, 1.807) is 13.1 Å². The van der Waals surface area contributed by atoms with E-state index in [1.807, 2.05) is 24.3 Å². The van der Waals surface area contributed by atoms with Gasteiger partial charge in [-0.05, 0) is 48.9 Å². The molecule has 0 fully saturated rings. The van der Waals surface area contributed by atoms with E-state index in [-0.39, 0.29) is 17.9 Å². The minimum absolute atomic E-state index is 0.0148. The molecule has 2 N–H and O–H groups in total. The number of para-hydroxylation sites is 1. The van der Waals surface area contributed by atoms with Crippen LogP contribution >= 0.6 is 0 Å². The molecule has 0 aliphatic rings. The highest BCUT2D eigenvalue weighted by Crippen LogP contribution is 2.31. The molecule has 0 unspecified atom stereocenters. The lowest BCUT2D eigenvalue weighted by molar-refractivity contribution is -0.0436. The second-order valence-electron chi connectivity index (χ2n) is 7.49. The van der Waals surface area contributed by atoms with Crippen molar-refractivity contribution in [3.63, 3.8) is 0 Å². The summed E-state index contributed by atoms with van der Waals surface area (Å²) in [6.45, 7) is 1.61. The summed E-state index contributed by atoms with van der Waals surface area (Å²) in [6, 6.07) is 12.7. The zero-order valence-corrected chi connectivity index (χ0v) is 18.8. The molecular weight excluding hydrogens is 473 g/mol. The fraction of sp³-hybridized carbons (Fsp3) is 0.182. The normalized spacial score (nSPS) is 12.3. The quantitative estimate of drug-likeness (QED) is 0.441. The number of fused-ring (bicyclic) bond motifs is 1. The number of pyridine rings is 1. The van der Waals surface area contributed by atoms with E-state index in [1.165, 1.54) is 11.5 Å². The van der Waals surface area contributed by atoms with Crippen molar-refractivity contribution >= 4 is 26.6 Å². The third-order valence-electron chi connectivity index (χ3n) is 5.46. The summed E-state index contributed by atoms with van der Waals surface area (Å²) in [5.41, 5.74) is -4.39. The van der Waals surface area contributed by atoms with Gasteiger partial charge in [-0.25, -0.2) is 22.8 Å². The fourth-order valence-electron chi connectivity index (χ4n) is 3.64. The summed E-state index contributed by atoms with van der Waals surface area (Å²) in [6.07, 6.45) is 0. The molecule has 0 atom stereocenters. The zero-order valence-electron chi connectivity index (χ0n) is 18.0. The average molecular weight is 492 g/mol. The van der Waals surface area contributed by atoms with Gasteiger partial charge in [-0.15, -0.1) is 0 Å². The van der Waals surface area contributed by atoms with Crippen molar-refractivity contribution in [2.45, 2.75) is 23.9 Å². The van der Waals surface area contributed by atoms with Gasteiger partial charge >= 0.3 is 11.2 Å². The number of nitrogens with zero attached hydrogens (tertiary/aromatic N) is 3. The summed E-state index contributed by atoms with van der Waals surface area (Å²) in [5, 5.41) is 14.4. The molecule has 0 radical (unpaired) electrons. The molecule has 0 saturated carbocycles. The summed E-state index contributed by atoms with van der Waals surface area (Å²) >= 11 is 0.